The molecule has 0 aliphatic carbocycles. The van der Waals surface area contributed by atoms with Gasteiger partial charge in [-0.15, -0.1) is 0 Å². The van der Waals surface area contributed by atoms with E-state index in [1.807, 2.05) is 24.3 Å². The Bertz CT molecular complexity index is 387. The summed E-state index contributed by atoms with van der Waals surface area (Å²) in [5.41, 5.74) is 0.733. The van der Waals surface area contributed by atoms with Crippen LogP contribution in [0.25, 0.3) is 10.8 Å². The second-order valence-corrected chi connectivity index (χ2v) is 2.90. The summed E-state index contributed by atoms with van der Waals surface area (Å²) in [5, 5.41) is 2.36. The van der Waals surface area contributed by atoms with E-state index >= 15 is 0 Å². The topological polar surface area (TPSA) is 12.9 Å². The Labute approximate surface area is 76.8 Å². The first-order chi connectivity index (χ1) is 5.79. The number of pyridine rings is 1. The molecule has 0 fully saturated rings. The van der Waals surface area contributed by atoms with E-state index in [2.05, 4.69) is 4.98 Å². The summed E-state index contributed by atoms with van der Waals surface area (Å²) in [6.07, 6.45) is 1.65. The summed E-state index contributed by atoms with van der Waals surface area (Å²) < 4.78 is 0. The normalized spacial score (nSPS) is 10.4. The minimum absolute atomic E-state index is 0.500. The fourth-order valence-corrected chi connectivity index (χ4v) is 1.42. The second kappa shape index (κ2) is 2.79. The van der Waals surface area contributed by atoms with Crippen molar-refractivity contribution >= 4 is 35.7 Å². The zero-order chi connectivity index (χ0) is 8.55. The number of benzene rings is 1. The molecule has 2 radical (unpaired) electrons. The van der Waals surface area contributed by atoms with E-state index in [9.17, 15) is 0 Å². The third-order valence-corrected chi connectivity index (χ3v) is 2.09. The first-order valence-electron chi connectivity index (χ1n) is 3.58. The monoisotopic (exact) mass is 173 g/mol. The highest BCUT2D eigenvalue weighted by Gasteiger charge is 1.99. The van der Waals surface area contributed by atoms with E-state index in [0.717, 1.165) is 16.2 Å². The lowest BCUT2D eigenvalue weighted by Crippen LogP contribution is -2.02. The molecule has 0 aliphatic heterocycles. The zero-order valence-electron chi connectivity index (χ0n) is 6.29. The number of nitrogens with zero attached hydrogens (tertiary/aromatic N) is 1. The summed E-state index contributed by atoms with van der Waals surface area (Å²) in [4.78, 5) is 3.96. The van der Waals surface area contributed by atoms with E-state index < -0.39 is 0 Å². The number of hydrogen-bond donors (Lipinski definition) is 0. The molecule has 2 aromatic rings. The van der Waals surface area contributed by atoms with Gasteiger partial charge in [-0.05, 0) is 11.5 Å². The maximum Gasteiger partial charge on any atom is 0.136 e. The standard InChI is InChI=1S/C9H5BClN/c10-8-3-1-2-7-6(8)4-5-12-9(7)11/h1-5H. The molecule has 12 heavy (non-hydrogen) atoms. The van der Waals surface area contributed by atoms with Crippen LogP contribution in [0.4, 0.5) is 0 Å². The molecule has 0 atom stereocenters. The van der Waals surface area contributed by atoms with Crippen molar-refractivity contribution in [3.05, 3.63) is 35.6 Å². The molecule has 3 heteroatoms. The molecular formula is C9H5BClN. The molecule has 1 aromatic heterocycles. The van der Waals surface area contributed by atoms with Crippen LogP contribution in [-0.4, -0.2) is 12.8 Å². The van der Waals surface area contributed by atoms with Gasteiger partial charge in [-0.25, -0.2) is 4.98 Å². The highest BCUT2D eigenvalue weighted by atomic mass is 35.5. The lowest BCUT2D eigenvalue weighted by molar-refractivity contribution is 1.36. The Morgan fingerprint density at radius 2 is 2.00 bits per heavy atom. The van der Waals surface area contributed by atoms with Crippen molar-refractivity contribution in [2.24, 2.45) is 0 Å². The van der Waals surface area contributed by atoms with Gasteiger partial charge in [-0.1, -0.05) is 35.3 Å². The molecule has 1 aromatic carbocycles. The lowest BCUT2D eigenvalue weighted by atomic mass is 9.91. The Hall–Kier alpha value is -1.02. The van der Waals surface area contributed by atoms with Crippen molar-refractivity contribution < 1.29 is 0 Å². The van der Waals surface area contributed by atoms with Gasteiger partial charge < -0.3 is 0 Å². The number of fused-ring (bicyclic) bond motifs is 1. The average Bonchev–Trinajstić information content (AvgIpc) is 2.07. The van der Waals surface area contributed by atoms with Gasteiger partial charge in [0.2, 0.25) is 0 Å². The zero-order valence-corrected chi connectivity index (χ0v) is 7.05. The SMILES string of the molecule is [B]c1cccc2c(Cl)nccc12. The first-order valence-corrected chi connectivity index (χ1v) is 3.95. The smallest absolute Gasteiger partial charge is 0.136 e. The summed E-state index contributed by atoms with van der Waals surface area (Å²) in [7, 11) is 5.74. The molecule has 0 bridgehead atoms. The molecule has 1 heterocycles. The fraction of sp³-hybridized carbons (Fsp3) is 0. The molecule has 2 rings (SSSR count). The van der Waals surface area contributed by atoms with Gasteiger partial charge in [0, 0.05) is 11.6 Å². The minimum atomic E-state index is 0.500. The molecule has 0 N–H and O–H groups in total. The van der Waals surface area contributed by atoms with E-state index in [1.165, 1.54) is 0 Å². The van der Waals surface area contributed by atoms with Gasteiger partial charge >= 0.3 is 0 Å². The van der Waals surface area contributed by atoms with Gasteiger partial charge in [0.15, 0.2) is 0 Å². The molecule has 0 spiro atoms. The molecule has 56 valence electrons. The van der Waals surface area contributed by atoms with Crippen LogP contribution in [-0.2, 0) is 0 Å². The van der Waals surface area contributed by atoms with Crippen LogP contribution in [0.5, 0.6) is 0 Å². The number of rotatable bonds is 0. The van der Waals surface area contributed by atoms with E-state index in [4.69, 9.17) is 19.4 Å². The largest absolute Gasteiger partial charge is 0.244 e. The molecule has 0 saturated carbocycles. The van der Waals surface area contributed by atoms with Gasteiger partial charge in [0.05, 0.1) is 0 Å². The summed E-state index contributed by atoms with van der Waals surface area (Å²) in [6.45, 7) is 0. The quantitative estimate of drug-likeness (QED) is 0.436. The molecule has 1 nitrogen and oxygen atoms in total. The maximum absolute atomic E-state index is 5.86. The van der Waals surface area contributed by atoms with E-state index in [0.29, 0.717) is 5.15 Å². The predicted molar refractivity (Wildman–Crippen MR) is 52.1 cm³/mol. The molecule has 0 amide bonds. The molecule has 0 unspecified atom stereocenters. The van der Waals surface area contributed by atoms with Crippen LogP contribution >= 0.6 is 11.6 Å². The van der Waals surface area contributed by atoms with Crippen LogP contribution in [0.3, 0.4) is 0 Å². The highest BCUT2D eigenvalue weighted by molar-refractivity contribution is 6.41. The van der Waals surface area contributed by atoms with Crippen LogP contribution in [0.15, 0.2) is 30.5 Å². The molecule has 0 saturated heterocycles. The Balaban J connectivity index is 2.94. The van der Waals surface area contributed by atoms with Crippen molar-refractivity contribution in [2.45, 2.75) is 0 Å². The van der Waals surface area contributed by atoms with Crippen LogP contribution in [0, 0.1) is 0 Å². The third kappa shape index (κ3) is 1.08. The van der Waals surface area contributed by atoms with Crippen LogP contribution in [0.1, 0.15) is 0 Å². The van der Waals surface area contributed by atoms with Crippen LogP contribution in [0.2, 0.25) is 5.15 Å². The first kappa shape index (κ1) is 7.62. The summed E-state index contributed by atoms with van der Waals surface area (Å²) >= 11 is 5.86. The van der Waals surface area contributed by atoms with Gasteiger partial charge in [0.1, 0.15) is 13.0 Å². The maximum atomic E-state index is 5.86. The minimum Gasteiger partial charge on any atom is -0.244 e. The van der Waals surface area contributed by atoms with Crippen LogP contribution < -0.4 is 5.46 Å². The highest BCUT2D eigenvalue weighted by Crippen LogP contribution is 2.18. The van der Waals surface area contributed by atoms with Gasteiger partial charge in [-0.2, -0.15) is 0 Å². The summed E-state index contributed by atoms with van der Waals surface area (Å²) in [6, 6.07) is 7.47. The van der Waals surface area contributed by atoms with E-state index in [-0.39, 0.29) is 0 Å². The number of halogens is 1. The van der Waals surface area contributed by atoms with Crippen molar-refractivity contribution in [3.63, 3.8) is 0 Å². The predicted octanol–water partition coefficient (Wildman–Crippen LogP) is 1.68. The third-order valence-electron chi connectivity index (χ3n) is 1.79. The van der Waals surface area contributed by atoms with Crippen molar-refractivity contribution in [3.8, 4) is 0 Å². The molecule has 0 aliphatic rings. The van der Waals surface area contributed by atoms with Crippen molar-refractivity contribution in [1.82, 2.24) is 4.98 Å². The Kier molecular flexibility index (Phi) is 1.78. The number of hydrogen-bond acceptors (Lipinski definition) is 1. The Morgan fingerprint density at radius 3 is 2.75 bits per heavy atom. The second-order valence-electron chi connectivity index (χ2n) is 2.54. The lowest BCUT2D eigenvalue weighted by Gasteiger charge is -2.01. The van der Waals surface area contributed by atoms with Gasteiger partial charge in [0.25, 0.3) is 0 Å². The summed E-state index contributed by atoms with van der Waals surface area (Å²) in [5.74, 6) is 0. The van der Waals surface area contributed by atoms with Crippen molar-refractivity contribution in [1.29, 1.82) is 0 Å². The van der Waals surface area contributed by atoms with Gasteiger partial charge in [-0.3, -0.25) is 0 Å². The number of aromatic nitrogens is 1. The van der Waals surface area contributed by atoms with E-state index in [1.54, 1.807) is 6.20 Å². The fourth-order valence-electron chi connectivity index (χ4n) is 1.20. The average molecular weight is 173 g/mol. The molecular weight excluding hydrogens is 168 g/mol. The van der Waals surface area contributed by atoms with Crippen molar-refractivity contribution in [2.75, 3.05) is 0 Å². The Morgan fingerprint density at radius 1 is 1.17 bits per heavy atom.